The lowest BCUT2D eigenvalue weighted by molar-refractivity contribution is 0.0951. The fraction of sp³-hybridized carbons (Fsp3) is 0.120. The van der Waals surface area contributed by atoms with Crippen LogP contribution in [0.2, 0.25) is 0 Å². The van der Waals surface area contributed by atoms with Crippen LogP contribution in [0, 0.1) is 0 Å². The molecule has 3 aromatic carbocycles. The average Bonchev–Trinajstić information content (AvgIpc) is 3.24. The Kier molecular flexibility index (Phi) is 5.90. The number of para-hydroxylation sites is 1. The van der Waals surface area contributed by atoms with Crippen LogP contribution in [0.4, 0.5) is 0 Å². The summed E-state index contributed by atoms with van der Waals surface area (Å²) in [5.74, 6) is 0.620. The average molecular weight is 397 g/mol. The number of nitrogens with one attached hydrogen (secondary N) is 1. The van der Waals surface area contributed by atoms with Gasteiger partial charge >= 0.3 is 0 Å². The van der Waals surface area contributed by atoms with Crippen LogP contribution in [-0.4, -0.2) is 22.3 Å². The number of hydrogen-bond acceptors (Lipinski definition) is 3. The van der Waals surface area contributed by atoms with E-state index in [4.69, 9.17) is 9.84 Å². The maximum atomic E-state index is 12.6. The lowest BCUT2D eigenvalue weighted by atomic mass is 10.1. The quantitative estimate of drug-likeness (QED) is 0.484. The van der Waals surface area contributed by atoms with E-state index in [-0.39, 0.29) is 5.91 Å². The van der Waals surface area contributed by atoms with E-state index in [0.717, 1.165) is 28.3 Å². The van der Waals surface area contributed by atoms with E-state index < -0.39 is 0 Å². The first-order valence-electron chi connectivity index (χ1n) is 9.95. The van der Waals surface area contributed by atoms with Gasteiger partial charge in [0, 0.05) is 29.4 Å². The van der Waals surface area contributed by atoms with Gasteiger partial charge < -0.3 is 10.1 Å². The molecule has 0 radical (unpaired) electrons. The smallest absolute Gasteiger partial charge is 0.251 e. The molecule has 5 nitrogen and oxygen atoms in total. The maximum absolute atomic E-state index is 12.6. The van der Waals surface area contributed by atoms with Gasteiger partial charge in [0.2, 0.25) is 0 Å². The second kappa shape index (κ2) is 9.09. The van der Waals surface area contributed by atoms with E-state index >= 15 is 0 Å². The van der Waals surface area contributed by atoms with Gasteiger partial charge in [-0.3, -0.25) is 4.79 Å². The summed E-state index contributed by atoms with van der Waals surface area (Å²) in [5.41, 5.74) is 4.38. The number of rotatable bonds is 7. The van der Waals surface area contributed by atoms with Crippen LogP contribution in [0.15, 0.2) is 91.1 Å². The van der Waals surface area contributed by atoms with E-state index in [2.05, 4.69) is 5.32 Å². The molecule has 1 aromatic heterocycles. The number of amides is 1. The van der Waals surface area contributed by atoms with Crippen molar-refractivity contribution < 1.29 is 9.53 Å². The largest absolute Gasteiger partial charge is 0.494 e. The molecule has 0 fully saturated rings. The summed E-state index contributed by atoms with van der Waals surface area (Å²) in [5, 5.41) is 7.79. The molecule has 0 aliphatic rings. The van der Waals surface area contributed by atoms with Gasteiger partial charge in [0.05, 0.1) is 18.0 Å². The standard InChI is InChI=1S/C25H23N3O2/c1-2-30-23-15-13-20(14-16-23)25(29)26-17-21-18-28(22-11-7-4-8-12-22)27-24(21)19-9-5-3-6-10-19/h3-16,18H,2,17H2,1H3,(H,26,29). The third kappa shape index (κ3) is 4.41. The maximum Gasteiger partial charge on any atom is 0.251 e. The fourth-order valence-corrected chi connectivity index (χ4v) is 3.24. The second-order valence-electron chi connectivity index (χ2n) is 6.79. The van der Waals surface area contributed by atoms with Gasteiger partial charge in [0.25, 0.3) is 5.91 Å². The molecule has 0 saturated carbocycles. The van der Waals surface area contributed by atoms with Gasteiger partial charge in [-0.2, -0.15) is 5.10 Å². The number of carbonyl (C=O) groups excluding carboxylic acids is 1. The second-order valence-corrected chi connectivity index (χ2v) is 6.79. The Morgan fingerprint density at radius 1 is 0.933 bits per heavy atom. The number of ether oxygens (including phenoxy) is 1. The highest BCUT2D eigenvalue weighted by Crippen LogP contribution is 2.23. The third-order valence-corrected chi connectivity index (χ3v) is 4.72. The summed E-state index contributed by atoms with van der Waals surface area (Å²) in [6.07, 6.45) is 1.97. The van der Waals surface area contributed by atoms with Crippen LogP contribution in [0.1, 0.15) is 22.8 Å². The zero-order valence-electron chi connectivity index (χ0n) is 16.8. The fourth-order valence-electron chi connectivity index (χ4n) is 3.24. The molecule has 4 rings (SSSR count). The van der Waals surface area contributed by atoms with Crippen molar-refractivity contribution in [2.75, 3.05) is 6.61 Å². The zero-order chi connectivity index (χ0) is 20.8. The summed E-state index contributed by atoms with van der Waals surface area (Å²) in [6.45, 7) is 2.91. The highest BCUT2D eigenvalue weighted by atomic mass is 16.5. The zero-order valence-corrected chi connectivity index (χ0v) is 16.8. The monoisotopic (exact) mass is 397 g/mol. The van der Waals surface area contributed by atoms with Crippen LogP contribution in [0.25, 0.3) is 16.9 Å². The first-order chi connectivity index (χ1) is 14.7. The van der Waals surface area contributed by atoms with E-state index in [1.54, 1.807) is 24.3 Å². The predicted molar refractivity (Wildman–Crippen MR) is 118 cm³/mol. The Morgan fingerprint density at radius 3 is 2.27 bits per heavy atom. The van der Waals surface area contributed by atoms with Gasteiger partial charge in [-0.1, -0.05) is 48.5 Å². The van der Waals surface area contributed by atoms with Gasteiger partial charge in [0.1, 0.15) is 5.75 Å². The molecule has 0 saturated heterocycles. The molecule has 1 amide bonds. The molecule has 1 N–H and O–H groups in total. The predicted octanol–water partition coefficient (Wildman–Crippen LogP) is 4.87. The van der Waals surface area contributed by atoms with Crippen molar-refractivity contribution in [1.29, 1.82) is 0 Å². The van der Waals surface area contributed by atoms with Gasteiger partial charge in [-0.15, -0.1) is 0 Å². The van der Waals surface area contributed by atoms with E-state index in [1.165, 1.54) is 0 Å². The van der Waals surface area contributed by atoms with Crippen LogP contribution >= 0.6 is 0 Å². The minimum atomic E-state index is -0.135. The first-order valence-corrected chi connectivity index (χ1v) is 9.95. The first kappa shape index (κ1) is 19.5. The molecule has 30 heavy (non-hydrogen) atoms. The number of carbonyl (C=O) groups is 1. The van der Waals surface area contributed by atoms with E-state index in [1.807, 2.05) is 78.5 Å². The minimum absolute atomic E-state index is 0.135. The van der Waals surface area contributed by atoms with Crippen molar-refractivity contribution >= 4 is 5.91 Å². The minimum Gasteiger partial charge on any atom is -0.494 e. The number of hydrogen-bond donors (Lipinski definition) is 1. The summed E-state index contributed by atoms with van der Waals surface area (Å²) < 4.78 is 7.28. The Hall–Kier alpha value is -3.86. The van der Waals surface area contributed by atoms with Gasteiger partial charge in [-0.25, -0.2) is 4.68 Å². The molecule has 0 unspecified atom stereocenters. The lowest BCUT2D eigenvalue weighted by Crippen LogP contribution is -2.22. The van der Waals surface area contributed by atoms with Crippen LogP contribution in [0.5, 0.6) is 5.75 Å². The van der Waals surface area contributed by atoms with Crippen molar-refractivity contribution in [2.45, 2.75) is 13.5 Å². The summed E-state index contributed by atoms with van der Waals surface area (Å²) in [7, 11) is 0. The molecule has 1 heterocycles. The Labute approximate surface area is 175 Å². The molecule has 0 atom stereocenters. The summed E-state index contributed by atoms with van der Waals surface area (Å²) >= 11 is 0. The number of benzene rings is 3. The molecule has 0 bridgehead atoms. The molecule has 4 aromatic rings. The van der Waals surface area contributed by atoms with E-state index in [0.29, 0.717) is 18.7 Å². The molecule has 0 aliphatic carbocycles. The Bertz CT molecular complexity index is 1100. The highest BCUT2D eigenvalue weighted by molar-refractivity contribution is 5.94. The van der Waals surface area contributed by atoms with Crippen molar-refractivity contribution in [3.8, 4) is 22.7 Å². The van der Waals surface area contributed by atoms with Crippen molar-refractivity contribution in [3.05, 3.63) is 102 Å². The van der Waals surface area contributed by atoms with Gasteiger partial charge in [-0.05, 0) is 43.3 Å². The van der Waals surface area contributed by atoms with Gasteiger partial charge in [0.15, 0.2) is 0 Å². The molecular weight excluding hydrogens is 374 g/mol. The topological polar surface area (TPSA) is 56.1 Å². The van der Waals surface area contributed by atoms with E-state index in [9.17, 15) is 4.79 Å². The Morgan fingerprint density at radius 2 is 1.60 bits per heavy atom. The van der Waals surface area contributed by atoms with Crippen molar-refractivity contribution in [2.24, 2.45) is 0 Å². The van der Waals surface area contributed by atoms with Crippen molar-refractivity contribution in [1.82, 2.24) is 15.1 Å². The number of aromatic nitrogens is 2. The van der Waals surface area contributed by atoms with Crippen LogP contribution in [0.3, 0.4) is 0 Å². The van der Waals surface area contributed by atoms with Crippen LogP contribution in [-0.2, 0) is 6.54 Å². The lowest BCUT2D eigenvalue weighted by Gasteiger charge is -2.07. The molecule has 0 spiro atoms. The SMILES string of the molecule is CCOc1ccc(C(=O)NCc2cn(-c3ccccc3)nc2-c2ccccc2)cc1. The Balaban J connectivity index is 1.56. The molecule has 5 heteroatoms. The molecule has 150 valence electrons. The normalized spacial score (nSPS) is 10.6. The summed E-state index contributed by atoms with van der Waals surface area (Å²) in [6, 6.07) is 27.1. The summed E-state index contributed by atoms with van der Waals surface area (Å²) in [4.78, 5) is 12.6. The molecule has 0 aliphatic heterocycles. The molecular formula is C25H23N3O2. The third-order valence-electron chi connectivity index (χ3n) is 4.72. The van der Waals surface area contributed by atoms with Crippen molar-refractivity contribution in [3.63, 3.8) is 0 Å². The number of nitrogens with zero attached hydrogens (tertiary/aromatic N) is 2. The van der Waals surface area contributed by atoms with Crippen LogP contribution < -0.4 is 10.1 Å². The highest BCUT2D eigenvalue weighted by Gasteiger charge is 2.14.